The maximum absolute atomic E-state index is 13.3. The highest BCUT2D eigenvalue weighted by Gasteiger charge is 2.17. The lowest BCUT2D eigenvalue weighted by Gasteiger charge is -2.07. The minimum Gasteiger partial charge on any atom is -0.290 e. The van der Waals surface area contributed by atoms with E-state index in [9.17, 15) is 18.0 Å². The highest BCUT2D eigenvalue weighted by atomic mass is 79.9. The minimum absolute atomic E-state index is 0.0282. The van der Waals surface area contributed by atoms with Gasteiger partial charge in [0.25, 0.3) is 10.2 Å². The number of hydrogen-bond donors (Lipinski definition) is 5. The van der Waals surface area contributed by atoms with Crippen LogP contribution in [0.1, 0.15) is 5.69 Å². The van der Waals surface area contributed by atoms with E-state index in [1.807, 2.05) is 5.48 Å². The first kappa shape index (κ1) is 21.1. The van der Waals surface area contributed by atoms with E-state index in [0.29, 0.717) is 5.69 Å². The average molecular weight is 468 g/mol. The standard InChI is InChI=1S/C12H15BrFN7O5S/c1-15-27(23,24)16-4-5-25-20-12-10(19-26-21-12)11(18-22)17-7-2-3-9(14)8(13)6-7/h2-3,6,15-16,22H,4-5H2,1H3,(H,17,18)(H,20,21). The quantitative estimate of drug-likeness (QED) is 0.152. The summed E-state index contributed by atoms with van der Waals surface area (Å²) in [6.45, 7) is -0.0866. The summed E-state index contributed by atoms with van der Waals surface area (Å²) in [6.07, 6.45) is 0. The molecule has 0 saturated carbocycles. The van der Waals surface area contributed by atoms with Gasteiger partial charge in [0.1, 0.15) is 5.82 Å². The van der Waals surface area contributed by atoms with Crippen LogP contribution in [0.4, 0.5) is 15.9 Å². The van der Waals surface area contributed by atoms with Crippen molar-refractivity contribution in [3.63, 3.8) is 0 Å². The van der Waals surface area contributed by atoms with Crippen LogP contribution in [0.3, 0.4) is 0 Å². The molecule has 0 atom stereocenters. The van der Waals surface area contributed by atoms with E-state index in [4.69, 9.17) is 4.84 Å². The molecule has 148 valence electrons. The molecule has 0 unspecified atom stereocenters. The number of aliphatic imine (C=N–C) groups is 1. The molecule has 0 bridgehead atoms. The largest absolute Gasteiger partial charge is 0.290 e. The zero-order valence-electron chi connectivity index (χ0n) is 13.7. The predicted octanol–water partition coefficient (Wildman–Crippen LogP) is 0.426. The zero-order chi connectivity index (χ0) is 19.9. The number of aromatic nitrogens is 2. The molecule has 2 aromatic rings. The molecule has 0 amide bonds. The van der Waals surface area contributed by atoms with E-state index >= 15 is 0 Å². The lowest BCUT2D eigenvalue weighted by Crippen LogP contribution is -2.36. The van der Waals surface area contributed by atoms with Gasteiger partial charge in [0.05, 0.1) is 16.8 Å². The SMILES string of the molecule is CNS(=O)(=O)NCCONc1nonc1C(=Nc1ccc(F)c(Br)c1)NO. The number of amidine groups is 1. The summed E-state index contributed by atoms with van der Waals surface area (Å²) in [6, 6.07) is 3.95. The molecule has 2 rings (SSSR count). The zero-order valence-corrected chi connectivity index (χ0v) is 16.1. The van der Waals surface area contributed by atoms with Crippen LogP contribution in [-0.4, -0.2) is 50.0 Å². The van der Waals surface area contributed by atoms with Crippen LogP contribution >= 0.6 is 15.9 Å². The Bertz CT molecular complexity index is 907. The summed E-state index contributed by atoms with van der Waals surface area (Å²) >= 11 is 3.03. The molecule has 5 N–H and O–H groups in total. The number of rotatable bonds is 9. The lowest BCUT2D eigenvalue weighted by molar-refractivity contribution is 0.195. The van der Waals surface area contributed by atoms with Gasteiger partial charge >= 0.3 is 0 Å². The van der Waals surface area contributed by atoms with Crippen molar-refractivity contribution in [3.05, 3.63) is 34.2 Å². The van der Waals surface area contributed by atoms with Crippen molar-refractivity contribution in [2.45, 2.75) is 0 Å². The van der Waals surface area contributed by atoms with Crippen LogP contribution in [0.5, 0.6) is 0 Å². The van der Waals surface area contributed by atoms with Crippen molar-refractivity contribution in [3.8, 4) is 0 Å². The van der Waals surface area contributed by atoms with Gasteiger partial charge in [-0.2, -0.15) is 13.1 Å². The molecule has 0 saturated heterocycles. The molecule has 0 aliphatic heterocycles. The lowest BCUT2D eigenvalue weighted by atomic mass is 10.3. The maximum Gasteiger partial charge on any atom is 0.276 e. The summed E-state index contributed by atoms with van der Waals surface area (Å²) < 4.78 is 44.7. The topological polar surface area (TPSA) is 163 Å². The fraction of sp³-hybridized carbons (Fsp3) is 0.250. The second-order valence-electron chi connectivity index (χ2n) is 4.68. The van der Waals surface area contributed by atoms with Gasteiger partial charge in [-0.25, -0.2) is 24.2 Å². The third kappa shape index (κ3) is 6.19. The fourth-order valence-corrected chi connectivity index (χ4v) is 2.51. The monoisotopic (exact) mass is 467 g/mol. The second-order valence-corrected chi connectivity index (χ2v) is 7.24. The second kappa shape index (κ2) is 9.67. The van der Waals surface area contributed by atoms with E-state index in [0.717, 1.165) is 0 Å². The van der Waals surface area contributed by atoms with E-state index in [2.05, 4.69) is 50.8 Å². The van der Waals surface area contributed by atoms with Crippen LogP contribution in [0.15, 0.2) is 32.3 Å². The number of nitrogens with one attached hydrogen (secondary N) is 4. The normalized spacial score (nSPS) is 12.2. The summed E-state index contributed by atoms with van der Waals surface area (Å²) in [7, 11) is -2.31. The Kier molecular flexibility index (Phi) is 7.57. The molecule has 0 radical (unpaired) electrons. The summed E-state index contributed by atoms with van der Waals surface area (Å²) in [5.74, 6) is -0.662. The third-order valence-corrected chi connectivity index (χ3v) is 4.63. The summed E-state index contributed by atoms with van der Waals surface area (Å²) in [4.78, 5) is 9.12. The van der Waals surface area contributed by atoms with Gasteiger partial charge < -0.3 is 0 Å². The van der Waals surface area contributed by atoms with E-state index < -0.39 is 16.0 Å². The van der Waals surface area contributed by atoms with Crippen LogP contribution in [0.25, 0.3) is 0 Å². The van der Waals surface area contributed by atoms with Gasteiger partial charge in [0.15, 0.2) is 11.5 Å². The molecule has 1 aromatic carbocycles. The van der Waals surface area contributed by atoms with Crippen molar-refractivity contribution < 1.29 is 27.5 Å². The van der Waals surface area contributed by atoms with Gasteiger partial charge in [-0.3, -0.25) is 15.5 Å². The van der Waals surface area contributed by atoms with Gasteiger partial charge in [-0.05, 0) is 44.4 Å². The van der Waals surface area contributed by atoms with E-state index in [1.54, 1.807) is 0 Å². The fourth-order valence-electron chi connectivity index (χ4n) is 1.64. The Morgan fingerprint density at radius 3 is 2.89 bits per heavy atom. The summed E-state index contributed by atoms with van der Waals surface area (Å²) in [5, 5.41) is 16.4. The van der Waals surface area contributed by atoms with Crippen molar-refractivity contribution in [2.24, 2.45) is 4.99 Å². The molecular formula is C12H15BrFN7O5S. The molecule has 12 nitrogen and oxygen atoms in total. The molecule has 0 fully saturated rings. The Balaban J connectivity index is 2.03. The Labute approximate surface area is 161 Å². The first-order valence-electron chi connectivity index (χ1n) is 7.19. The number of nitrogens with zero attached hydrogens (tertiary/aromatic N) is 3. The molecule has 0 spiro atoms. The van der Waals surface area contributed by atoms with Gasteiger partial charge in [-0.15, -0.1) is 0 Å². The van der Waals surface area contributed by atoms with Crippen molar-refractivity contribution in [1.82, 2.24) is 25.2 Å². The molecule has 1 heterocycles. The smallest absolute Gasteiger partial charge is 0.276 e. The van der Waals surface area contributed by atoms with E-state index in [-0.39, 0.29) is 35.0 Å². The molecule has 0 aliphatic rings. The predicted molar refractivity (Wildman–Crippen MR) is 95.1 cm³/mol. The van der Waals surface area contributed by atoms with Crippen LogP contribution in [0, 0.1) is 5.82 Å². The molecular weight excluding hydrogens is 453 g/mol. The van der Waals surface area contributed by atoms with Crippen molar-refractivity contribution in [1.29, 1.82) is 0 Å². The van der Waals surface area contributed by atoms with Crippen molar-refractivity contribution >= 4 is 43.5 Å². The Morgan fingerprint density at radius 2 is 2.22 bits per heavy atom. The number of halogens is 2. The summed E-state index contributed by atoms with van der Waals surface area (Å²) in [5.41, 5.74) is 4.50. The third-order valence-electron chi connectivity index (χ3n) is 2.90. The van der Waals surface area contributed by atoms with Gasteiger partial charge in [-0.1, -0.05) is 0 Å². The minimum atomic E-state index is -3.57. The number of benzene rings is 1. The van der Waals surface area contributed by atoms with Crippen molar-refractivity contribution in [2.75, 3.05) is 25.7 Å². The maximum atomic E-state index is 13.3. The first-order chi connectivity index (χ1) is 12.9. The Morgan fingerprint density at radius 1 is 1.44 bits per heavy atom. The van der Waals surface area contributed by atoms with Crippen LogP contribution < -0.4 is 20.4 Å². The highest BCUT2D eigenvalue weighted by molar-refractivity contribution is 9.10. The van der Waals surface area contributed by atoms with Gasteiger partial charge in [0.2, 0.25) is 5.82 Å². The van der Waals surface area contributed by atoms with Crippen LogP contribution in [0.2, 0.25) is 0 Å². The van der Waals surface area contributed by atoms with E-state index in [1.165, 1.54) is 25.2 Å². The molecule has 1 aromatic heterocycles. The molecule has 0 aliphatic carbocycles. The molecule has 15 heteroatoms. The average Bonchev–Trinajstić information content (AvgIpc) is 3.10. The number of hydroxylamine groups is 1. The number of anilines is 1. The Hall–Kier alpha value is -2.17. The first-order valence-corrected chi connectivity index (χ1v) is 9.46. The molecule has 27 heavy (non-hydrogen) atoms. The van der Waals surface area contributed by atoms with Crippen LogP contribution in [-0.2, 0) is 15.0 Å². The highest BCUT2D eigenvalue weighted by Crippen LogP contribution is 2.23. The van der Waals surface area contributed by atoms with Gasteiger partial charge in [0, 0.05) is 13.6 Å². The number of hydrogen-bond acceptors (Lipinski definition) is 9.